The van der Waals surface area contributed by atoms with Crippen molar-refractivity contribution in [3.8, 4) is 11.3 Å². The van der Waals surface area contributed by atoms with Crippen molar-refractivity contribution in [1.29, 1.82) is 0 Å². The van der Waals surface area contributed by atoms with Gasteiger partial charge in [0.05, 0.1) is 17.6 Å². The van der Waals surface area contributed by atoms with Gasteiger partial charge in [0.1, 0.15) is 23.0 Å². The van der Waals surface area contributed by atoms with Crippen LogP contribution in [0.4, 0.5) is 20.2 Å². The van der Waals surface area contributed by atoms with E-state index >= 15 is 0 Å². The number of piperidine rings is 1. The van der Waals surface area contributed by atoms with Crippen molar-refractivity contribution in [2.45, 2.75) is 52.0 Å². The van der Waals surface area contributed by atoms with Crippen LogP contribution in [0.3, 0.4) is 0 Å². The molecule has 2 aliphatic rings. The van der Waals surface area contributed by atoms with Crippen LogP contribution in [-0.4, -0.2) is 53.9 Å². The molecule has 5 rings (SSSR count). The third-order valence-electron chi connectivity index (χ3n) is 8.09. The second kappa shape index (κ2) is 14.2. The molecule has 2 aromatic heterocycles. The van der Waals surface area contributed by atoms with Gasteiger partial charge in [-0.3, -0.25) is 9.78 Å². The number of halogens is 2. The Bertz CT molecular complexity index is 1310. The van der Waals surface area contributed by atoms with E-state index in [0.717, 1.165) is 61.2 Å². The first-order valence-corrected chi connectivity index (χ1v) is 15.5. The van der Waals surface area contributed by atoms with Gasteiger partial charge >= 0.3 is 0 Å². The van der Waals surface area contributed by atoms with Crippen LogP contribution in [0.15, 0.2) is 42.7 Å². The number of hydrogen-bond donors (Lipinski definition) is 2. The molecule has 6 nitrogen and oxygen atoms in total. The fraction of sp³-hybridized carbons (Fsp3) is 0.469. The van der Waals surface area contributed by atoms with Gasteiger partial charge in [0.2, 0.25) is 0 Å². The van der Waals surface area contributed by atoms with Crippen molar-refractivity contribution in [2.24, 2.45) is 17.6 Å². The number of pyridine rings is 2. The van der Waals surface area contributed by atoms with Crippen LogP contribution in [0, 0.1) is 30.4 Å². The molecular weight excluding hydrogens is 540 g/mol. The van der Waals surface area contributed by atoms with E-state index in [-0.39, 0.29) is 23.0 Å². The van der Waals surface area contributed by atoms with Crippen molar-refractivity contribution in [3.05, 3.63) is 71.2 Å². The summed E-state index contributed by atoms with van der Waals surface area (Å²) in [6, 6.07) is 8.20. The smallest absolute Gasteiger partial charge is 0.168 e. The molecule has 0 saturated carbocycles. The number of carbonyl (C=O) groups is 1. The Labute approximate surface area is 246 Å². The van der Waals surface area contributed by atoms with Gasteiger partial charge in [0.25, 0.3) is 0 Å². The molecule has 0 bridgehead atoms. The van der Waals surface area contributed by atoms with Crippen LogP contribution >= 0.6 is 11.8 Å². The Balaban J connectivity index is 0.000000195. The SMILES string of the molecule is CNc1cnccc1N1CC(N)CC(C(C)C)C1.Cc1cc(C2CCSCC2)cc(F)c1-c1nc(C=O)ccc1F. The lowest BCUT2D eigenvalue weighted by atomic mass is 9.85. The number of rotatable bonds is 6. The van der Waals surface area contributed by atoms with Gasteiger partial charge in [0.15, 0.2) is 6.29 Å². The molecular formula is C32H41F2N5OS. The molecule has 0 amide bonds. The second-order valence-electron chi connectivity index (χ2n) is 11.3. The fourth-order valence-corrected chi connectivity index (χ4v) is 6.86. The molecule has 3 N–H and O–H groups in total. The van der Waals surface area contributed by atoms with Crippen LogP contribution < -0.4 is 16.0 Å². The summed E-state index contributed by atoms with van der Waals surface area (Å²) in [6.45, 7) is 8.35. The van der Waals surface area contributed by atoms with Gasteiger partial charge < -0.3 is 16.0 Å². The number of aryl methyl sites for hydroxylation is 1. The average molecular weight is 582 g/mol. The summed E-state index contributed by atoms with van der Waals surface area (Å²) < 4.78 is 28.7. The van der Waals surface area contributed by atoms with Crippen LogP contribution in [0.25, 0.3) is 11.3 Å². The van der Waals surface area contributed by atoms with Crippen LogP contribution in [-0.2, 0) is 0 Å². The topological polar surface area (TPSA) is 84.1 Å². The predicted molar refractivity (Wildman–Crippen MR) is 166 cm³/mol. The number of nitrogens with one attached hydrogen (secondary N) is 1. The molecule has 0 spiro atoms. The van der Waals surface area contributed by atoms with Gasteiger partial charge in [-0.05, 0) is 90.8 Å². The van der Waals surface area contributed by atoms with E-state index in [0.29, 0.717) is 29.6 Å². The lowest BCUT2D eigenvalue weighted by Crippen LogP contribution is -2.48. The zero-order valence-electron chi connectivity index (χ0n) is 24.4. The quantitative estimate of drug-likeness (QED) is 0.314. The van der Waals surface area contributed by atoms with Crippen molar-refractivity contribution in [3.63, 3.8) is 0 Å². The third kappa shape index (κ3) is 7.63. The summed E-state index contributed by atoms with van der Waals surface area (Å²) in [6.07, 6.45) is 7.46. The number of hydrogen-bond acceptors (Lipinski definition) is 7. The highest BCUT2D eigenvalue weighted by atomic mass is 32.2. The minimum Gasteiger partial charge on any atom is -0.385 e. The molecule has 4 heterocycles. The number of thioether (sulfide) groups is 1. The molecule has 1 aromatic carbocycles. The van der Waals surface area contributed by atoms with Crippen LogP contribution in [0.1, 0.15) is 60.6 Å². The van der Waals surface area contributed by atoms with E-state index in [4.69, 9.17) is 5.73 Å². The van der Waals surface area contributed by atoms with E-state index in [1.807, 2.05) is 37.3 Å². The standard InChI is InChI=1S/C18H17F2NOS.C14H24N4/c1-11-8-13(12-4-6-23-7-5-12)9-16(20)17(11)18-15(19)3-2-14(10-22)21-18;1-10(2)11-6-12(15)9-18(8-11)14-4-5-17-7-13(14)16-3/h2-3,8-10,12H,4-7H2,1H3;4-5,7,10-12,16H,6,8-9,15H2,1-3H3. The summed E-state index contributed by atoms with van der Waals surface area (Å²) >= 11 is 1.92. The maximum absolute atomic E-state index is 14.7. The minimum absolute atomic E-state index is 0.0913. The maximum Gasteiger partial charge on any atom is 0.168 e. The van der Waals surface area contributed by atoms with E-state index in [9.17, 15) is 13.6 Å². The van der Waals surface area contributed by atoms with Gasteiger partial charge in [-0.15, -0.1) is 0 Å². The number of nitrogens with two attached hydrogens (primary N) is 1. The second-order valence-corrected chi connectivity index (χ2v) is 12.5. The van der Waals surface area contributed by atoms with Crippen molar-refractivity contribution in [2.75, 3.05) is 41.9 Å². The van der Waals surface area contributed by atoms with Crippen molar-refractivity contribution < 1.29 is 13.6 Å². The average Bonchev–Trinajstić information content (AvgIpc) is 2.98. The Morgan fingerprint density at radius 3 is 2.54 bits per heavy atom. The number of nitrogens with zero attached hydrogens (tertiary/aromatic N) is 3. The van der Waals surface area contributed by atoms with Crippen LogP contribution in [0.2, 0.25) is 0 Å². The minimum atomic E-state index is -0.626. The Kier molecular flexibility index (Phi) is 10.7. The molecule has 220 valence electrons. The predicted octanol–water partition coefficient (Wildman–Crippen LogP) is 6.69. The first-order chi connectivity index (χ1) is 19.7. The molecule has 41 heavy (non-hydrogen) atoms. The molecule has 2 aliphatic heterocycles. The van der Waals surface area contributed by atoms with E-state index < -0.39 is 11.6 Å². The summed E-state index contributed by atoms with van der Waals surface area (Å²) in [5, 5.41) is 3.21. The zero-order chi connectivity index (χ0) is 29.5. The van der Waals surface area contributed by atoms with E-state index in [1.54, 1.807) is 6.92 Å². The third-order valence-corrected chi connectivity index (χ3v) is 9.14. The van der Waals surface area contributed by atoms with Crippen molar-refractivity contribution in [1.82, 2.24) is 9.97 Å². The number of benzene rings is 1. The van der Waals surface area contributed by atoms with Gasteiger partial charge in [-0.25, -0.2) is 13.8 Å². The zero-order valence-corrected chi connectivity index (χ0v) is 25.2. The highest BCUT2D eigenvalue weighted by molar-refractivity contribution is 7.99. The molecule has 9 heteroatoms. The summed E-state index contributed by atoms with van der Waals surface area (Å²) in [7, 11) is 1.93. The number of aromatic nitrogens is 2. The van der Waals surface area contributed by atoms with Crippen molar-refractivity contribution >= 4 is 29.4 Å². The molecule has 2 atom stereocenters. The first kappa shape index (κ1) is 30.9. The maximum atomic E-state index is 14.7. The summed E-state index contributed by atoms with van der Waals surface area (Å²) in [5.41, 5.74) is 10.2. The van der Waals surface area contributed by atoms with Gasteiger partial charge in [-0.1, -0.05) is 19.9 Å². The Morgan fingerprint density at radius 1 is 1.12 bits per heavy atom. The van der Waals surface area contributed by atoms with E-state index in [1.165, 1.54) is 17.8 Å². The Hall–Kier alpha value is -3.04. The van der Waals surface area contributed by atoms with Crippen LogP contribution in [0.5, 0.6) is 0 Å². The first-order valence-electron chi connectivity index (χ1n) is 14.3. The number of carbonyl (C=O) groups excluding carboxylic acids is 1. The molecule has 2 fully saturated rings. The molecule has 0 radical (unpaired) electrons. The summed E-state index contributed by atoms with van der Waals surface area (Å²) in [4.78, 5) is 21.3. The summed E-state index contributed by atoms with van der Waals surface area (Å²) in [5.74, 6) is 2.78. The molecule has 0 aliphatic carbocycles. The number of anilines is 2. The highest BCUT2D eigenvalue weighted by Crippen LogP contribution is 2.36. The highest BCUT2D eigenvalue weighted by Gasteiger charge is 2.28. The Morgan fingerprint density at radius 2 is 1.88 bits per heavy atom. The number of aldehydes is 1. The van der Waals surface area contributed by atoms with E-state index in [2.05, 4.69) is 40.1 Å². The molecule has 2 unspecified atom stereocenters. The van der Waals surface area contributed by atoms with Gasteiger partial charge in [-0.2, -0.15) is 11.8 Å². The lowest BCUT2D eigenvalue weighted by molar-refractivity contribution is 0.111. The monoisotopic (exact) mass is 581 g/mol. The molecule has 2 saturated heterocycles. The largest absolute Gasteiger partial charge is 0.385 e. The van der Waals surface area contributed by atoms with Gasteiger partial charge in [0, 0.05) is 37.9 Å². The fourth-order valence-electron chi connectivity index (χ4n) is 5.75. The lowest BCUT2D eigenvalue weighted by Gasteiger charge is -2.40. The normalized spacial score (nSPS) is 19.5. The molecule has 3 aromatic rings.